The number of nitrogens with two attached hydrogens (primary N) is 1. The summed E-state index contributed by atoms with van der Waals surface area (Å²) in [6.45, 7) is 1.78. The number of nitrogens with one attached hydrogen (secondary N) is 1. The summed E-state index contributed by atoms with van der Waals surface area (Å²) in [7, 11) is 1.59. The number of amides is 1. The molecule has 13 heteroatoms. The summed E-state index contributed by atoms with van der Waals surface area (Å²) in [5.74, 6) is 0.659. The minimum atomic E-state index is -0.541. The molecule has 0 bridgehead atoms. The molecule has 0 saturated heterocycles. The van der Waals surface area contributed by atoms with Crippen molar-refractivity contribution in [1.29, 1.82) is 0 Å². The highest BCUT2D eigenvalue weighted by molar-refractivity contribution is 7.98. The number of hydrogen-bond donors (Lipinski definition) is 2. The summed E-state index contributed by atoms with van der Waals surface area (Å²) >= 11 is 7.42. The SMILES string of the molecule is COc1ccc(/C(C)=N\NC(=O)c2nnn(-c3nonc3N)c2CSc2ccc(Cl)cc2)cc1. The van der Waals surface area contributed by atoms with Crippen LogP contribution in [0.5, 0.6) is 5.75 Å². The minimum Gasteiger partial charge on any atom is -0.497 e. The van der Waals surface area contributed by atoms with Crippen LogP contribution in [0.3, 0.4) is 0 Å². The molecule has 4 rings (SSSR count). The summed E-state index contributed by atoms with van der Waals surface area (Å²) in [5, 5.41) is 20.2. The summed E-state index contributed by atoms with van der Waals surface area (Å²) in [5.41, 5.74) is 10.3. The molecule has 3 N–H and O–H groups in total. The predicted octanol–water partition coefficient (Wildman–Crippen LogP) is 3.34. The Morgan fingerprint density at radius 3 is 2.59 bits per heavy atom. The summed E-state index contributed by atoms with van der Waals surface area (Å²) in [4.78, 5) is 13.9. The number of carbonyl (C=O) groups excluding carboxylic acids is 1. The Balaban J connectivity index is 1.58. The molecule has 0 unspecified atom stereocenters. The van der Waals surface area contributed by atoms with Gasteiger partial charge in [-0.05, 0) is 71.3 Å². The number of hydrazone groups is 1. The highest BCUT2D eigenvalue weighted by Gasteiger charge is 2.24. The zero-order valence-corrected chi connectivity index (χ0v) is 19.7. The van der Waals surface area contributed by atoms with Crippen molar-refractivity contribution in [3.63, 3.8) is 0 Å². The van der Waals surface area contributed by atoms with Crippen molar-refractivity contribution >= 4 is 40.8 Å². The van der Waals surface area contributed by atoms with Gasteiger partial charge >= 0.3 is 0 Å². The van der Waals surface area contributed by atoms with Gasteiger partial charge in [0, 0.05) is 15.7 Å². The fraction of sp³-hybridized carbons (Fsp3) is 0.143. The Morgan fingerprint density at radius 1 is 1.21 bits per heavy atom. The number of thioether (sulfide) groups is 1. The number of carbonyl (C=O) groups is 1. The molecule has 11 nitrogen and oxygen atoms in total. The lowest BCUT2D eigenvalue weighted by molar-refractivity contribution is 0.0949. The van der Waals surface area contributed by atoms with Gasteiger partial charge in [-0.15, -0.1) is 16.9 Å². The molecule has 0 saturated carbocycles. The molecule has 2 aromatic carbocycles. The molecule has 0 spiro atoms. The van der Waals surface area contributed by atoms with E-state index in [2.05, 4.69) is 35.8 Å². The van der Waals surface area contributed by atoms with E-state index in [1.807, 2.05) is 36.4 Å². The van der Waals surface area contributed by atoms with Gasteiger partial charge in [-0.2, -0.15) is 9.78 Å². The number of rotatable bonds is 8. The molecule has 0 aliphatic heterocycles. The third-order valence-corrected chi connectivity index (χ3v) is 5.97. The first-order valence-corrected chi connectivity index (χ1v) is 11.2. The van der Waals surface area contributed by atoms with Crippen molar-refractivity contribution in [1.82, 2.24) is 30.7 Å². The number of ether oxygens (including phenoxy) is 1. The number of anilines is 1. The van der Waals surface area contributed by atoms with Crippen LogP contribution in [0.25, 0.3) is 5.82 Å². The molecular weight excluding hydrogens is 480 g/mol. The van der Waals surface area contributed by atoms with Crippen LogP contribution in [0.15, 0.2) is 63.2 Å². The molecule has 0 radical (unpaired) electrons. The second kappa shape index (κ2) is 10.4. The summed E-state index contributed by atoms with van der Waals surface area (Å²) in [6.07, 6.45) is 0. The number of aromatic nitrogens is 5. The Labute approximate surface area is 203 Å². The highest BCUT2D eigenvalue weighted by Crippen LogP contribution is 2.27. The molecule has 0 aliphatic carbocycles. The lowest BCUT2D eigenvalue weighted by Crippen LogP contribution is -2.21. The maximum atomic E-state index is 13.0. The van der Waals surface area contributed by atoms with E-state index >= 15 is 0 Å². The fourth-order valence-electron chi connectivity index (χ4n) is 2.88. The largest absolute Gasteiger partial charge is 0.497 e. The smallest absolute Gasteiger partial charge is 0.293 e. The first-order valence-electron chi connectivity index (χ1n) is 9.86. The first-order chi connectivity index (χ1) is 16.5. The summed E-state index contributed by atoms with van der Waals surface area (Å²) in [6, 6.07) is 14.6. The van der Waals surface area contributed by atoms with Crippen molar-refractivity contribution in [2.24, 2.45) is 5.10 Å². The van der Waals surface area contributed by atoms with Crippen molar-refractivity contribution in [3.8, 4) is 11.6 Å². The normalized spacial score (nSPS) is 11.4. The van der Waals surface area contributed by atoms with Crippen molar-refractivity contribution in [2.45, 2.75) is 17.6 Å². The topological polar surface area (TPSA) is 146 Å². The van der Waals surface area contributed by atoms with E-state index < -0.39 is 5.91 Å². The molecule has 34 heavy (non-hydrogen) atoms. The van der Waals surface area contributed by atoms with Crippen molar-refractivity contribution in [2.75, 3.05) is 12.8 Å². The van der Waals surface area contributed by atoms with E-state index in [1.165, 1.54) is 16.4 Å². The number of hydrogen-bond acceptors (Lipinski definition) is 10. The van der Waals surface area contributed by atoms with Crippen LogP contribution in [0.2, 0.25) is 5.02 Å². The predicted molar refractivity (Wildman–Crippen MR) is 127 cm³/mol. The van der Waals surface area contributed by atoms with Gasteiger partial charge in [0.2, 0.25) is 11.6 Å². The van der Waals surface area contributed by atoms with Crippen LogP contribution in [0.1, 0.15) is 28.7 Å². The third kappa shape index (κ3) is 5.18. The number of benzene rings is 2. The number of nitrogen functional groups attached to an aromatic ring is 1. The van der Waals surface area contributed by atoms with Gasteiger partial charge in [-0.3, -0.25) is 4.79 Å². The number of nitrogens with zero attached hydrogens (tertiary/aromatic N) is 6. The second-order valence-electron chi connectivity index (χ2n) is 6.88. The average molecular weight is 499 g/mol. The van der Waals surface area contributed by atoms with Gasteiger partial charge in [0.25, 0.3) is 5.91 Å². The molecule has 0 aliphatic rings. The van der Waals surface area contributed by atoms with Crippen LogP contribution < -0.4 is 15.9 Å². The van der Waals surface area contributed by atoms with E-state index in [1.54, 1.807) is 26.2 Å². The van der Waals surface area contributed by atoms with Crippen LogP contribution in [-0.2, 0) is 5.75 Å². The van der Waals surface area contributed by atoms with Crippen molar-refractivity contribution in [3.05, 3.63) is 70.5 Å². The van der Waals surface area contributed by atoms with Crippen molar-refractivity contribution < 1.29 is 14.2 Å². The molecular formula is C21H19ClN8O3S. The number of halogens is 1. The van der Waals surface area contributed by atoms with Gasteiger partial charge in [0.05, 0.1) is 18.5 Å². The van der Waals surface area contributed by atoms with Gasteiger partial charge in [-0.1, -0.05) is 16.8 Å². The first kappa shape index (κ1) is 23.3. The van der Waals surface area contributed by atoms with Crippen LogP contribution in [-0.4, -0.2) is 44.0 Å². The molecule has 0 atom stereocenters. The lowest BCUT2D eigenvalue weighted by atomic mass is 10.1. The van der Waals surface area contributed by atoms with E-state index in [0.29, 0.717) is 22.2 Å². The standard InChI is InChI=1S/C21H19ClN8O3S/c1-12(13-3-7-15(32-2)8-4-13)24-26-21(31)18-17(11-34-16-9-5-14(22)6-10-16)30(29-25-18)20-19(23)27-33-28-20/h3-10H,11H2,1-2H3,(H2,23,27)(H,26,31)/b24-12-. The summed E-state index contributed by atoms with van der Waals surface area (Å²) < 4.78 is 11.2. The fourth-order valence-corrected chi connectivity index (χ4v) is 3.90. The quantitative estimate of drug-likeness (QED) is 0.212. The maximum Gasteiger partial charge on any atom is 0.293 e. The zero-order chi connectivity index (χ0) is 24.1. The molecule has 2 heterocycles. The molecule has 4 aromatic rings. The Kier molecular flexibility index (Phi) is 7.09. The van der Waals surface area contributed by atoms with E-state index in [0.717, 1.165) is 16.2 Å². The maximum absolute atomic E-state index is 13.0. The Bertz CT molecular complexity index is 1320. The third-order valence-electron chi connectivity index (χ3n) is 4.70. The molecule has 174 valence electrons. The van der Waals surface area contributed by atoms with Gasteiger partial charge in [-0.25, -0.2) is 10.1 Å². The van der Waals surface area contributed by atoms with Crippen LogP contribution in [0.4, 0.5) is 5.82 Å². The van der Waals surface area contributed by atoms with E-state index in [-0.39, 0.29) is 17.3 Å². The Morgan fingerprint density at radius 2 is 1.94 bits per heavy atom. The van der Waals surface area contributed by atoms with E-state index in [4.69, 9.17) is 22.1 Å². The van der Waals surface area contributed by atoms with Gasteiger partial charge in [0.15, 0.2) is 5.69 Å². The Hall–Kier alpha value is -3.90. The van der Waals surface area contributed by atoms with Crippen LogP contribution in [0, 0.1) is 0 Å². The second-order valence-corrected chi connectivity index (χ2v) is 8.36. The van der Waals surface area contributed by atoms with Crippen LogP contribution >= 0.6 is 23.4 Å². The van der Waals surface area contributed by atoms with Gasteiger partial charge < -0.3 is 10.5 Å². The molecule has 1 amide bonds. The van der Waals surface area contributed by atoms with E-state index in [9.17, 15) is 4.79 Å². The zero-order valence-electron chi connectivity index (χ0n) is 18.1. The van der Waals surface area contributed by atoms with Gasteiger partial charge in [0.1, 0.15) is 5.75 Å². The lowest BCUT2D eigenvalue weighted by Gasteiger charge is -2.07. The molecule has 2 aromatic heterocycles. The average Bonchev–Trinajstić information content (AvgIpc) is 3.47. The molecule has 0 fully saturated rings. The number of methoxy groups -OCH3 is 1. The highest BCUT2D eigenvalue weighted by atomic mass is 35.5. The monoisotopic (exact) mass is 498 g/mol. The minimum absolute atomic E-state index is 0.0166.